The van der Waals surface area contributed by atoms with Gasteiger partial charge in [0.15, 0.2) is 0 Å². The van der Waals surface area contributed by atoms with E-state index in [0.717, 1.165) is 17.8 Å². The van der Waals surface area contributed by atoms with Gasteiger partial charge in [-0.05, 0) is 37.3 Å². The number of alkyl halides is 3. The molecule has 3 aromatic rings. The van der Waals surface area contributed by atoms with Crippen LogP contribution in [-0.4, -0.2) is 15.0 Å². The molecule has 3 rings (SSSR count). The predicted molar refractivity (Wildman–Crippen MR) is 98.1 cm³/mol. The second-order valence-electron chi connectivity index (χ2n) is 5.68. The third-order valence-corrected chi connectivity index (χ3v) is 3.90. The summed E-state index contributed by atoms with van der Waals surface area (Å²) in [6, 6.07) is 10.2. The van der Waals surface area contributed by atoms with Gasteiger partial charge in [0, 0.05) is 12.3 Å². The molecule has 2 N–H and O–H groups in total. The topological polar surface area (TPSA) is 62.7 Å². The average molecular weight is 394 g/mol. The molecule has 0 aliphatic heterocycles. The Balaban J connectivity index is 1.80. The number of aromatic nitrogens is 3. The second-order valence-corrected chi connectivity index (χ2v) is 6.08. The molecule has 27 heavy (non-hydrogen) atoms. The van der Waals surface area contributed by atoms with Crippen molar-refractivity contribution in [2.24, 2.45) is 0 Å². The van der Waals surface area contributed by atoms with Gasteiger partial charge in [0.1, 0.15) is 17.5 Å². The van der Waals surface area contributed by atoms with E-state index in [1.165, 1.54) is 6.07 Å². The molecule has 0 unspecified atom stereocenters. The van der Waals surface area contributed by atoms with E-state index < -0.39 is 11.7 Å². The highest BCUT2D eigenvalue weighted by Gasteiger charge is 2.31. The van der Waals surface area contributed by atoms with Crippen molar-refractivity contribution in [3.63, 3.8) is 0 Å². The van der Waals surface area contributed by atoms with Gasteiger partial charge in [0.05, 0.1) is 28.5 Å². The van der Waals surface area contributed by atoms with Crippen molar-refractivity contribution in [1.29, 1.82) is 0 Å². The molecule has 0 radical (unpaired) electrons. The lowest BCUT2D eigenvalue weighted by Crippen LogP contribution is -2.07. The zero-order valence-corrected chi connectivity index (χ0v) is 14.9. The minimum atomic E-state index is -4.46. The number of hydrogen-bond acceptors (Lipinski definition) is 5. The third-order valence-electron chi connectivity index (χ3n) is 3.57. The lowest BCUT2D eigenvalue weighted by Gasteiger charge is -2.13. The molecule has 2 heterocycles. The first-order chi connectivity index (χ1) is 12.8. The van der Waals surface area contributed by atoms with Gasteiger partial charge >= 0.3 is 6.18 Å². The van der Waals surface area contributed by atoms with Crippen molar-refractivity contribution in [2.75, 3.05) is 10.6 Å². The highest BCUT2D eigenvalue weighted by Crippen LogP contribution is 2.34. The molecule has 0 fully saturated rings. The molecule has 0 saturated heterocycles. The van der Waals surface area contributed by atoms with Gasteiger partial charge in [-0.15, -0.1) is 0 Å². The van der Waals surface area contributed by atoms with Gasteiger partial charge in [-0.3, -0.25) is 4.98 Å². The second kappa shape index (κ2) is 7.79. The van der Waals surface area contributed by atoms with Gasteiger partial charge in [0.2, 0.25) is 0 Å². The number of benzene rings is 1. The molecule has 0 aliphatic rings. The van der Waals surface area contributed by atoms with Crippen LogP contribution >= 0.6 is 11.6 Å². The molecule has 140 valence electrons. The van der Waals surface area contributed by atoms with Crippen LogP contribution in [0.2, 0.25) is 5.02 Å². The van der Waals surface area contributed by atoms with Crippen molar-refractivity contribution in [3.05, 3.63) is 70.8 Å². The van der Waals surface area contributed by atoms with Crippen molar-refractivity contribution >= 4 is 28.9 Å². The monoisotopic (exact) mass is 393 g/mol. The van der Waals surface area contributed by atoms with Crippen molar-refractivity contribution in [3.8, 4) is 0 Å². The Morgan fingerprint density at radius 2 is 1.81 bits per heavy atom. The molecule has 9 heteroatoms. The fraction of sp³-hybridized carbons (Fsp3) is 0.167. The maximum absolute atomic E-state index is 12.9. The lowest BCUT2D eigenvalue weighted by molar-refractivity contribution is -0.137. The van der Waals surface area contributed by atoms with E-state index >= 15 is 0 Å². The van der Waals surface area contributed by atoms with Crippen LogP contribution in [-0.2, 0) is 12.7 Å². The van der Waals surface area contributed by atoms with Crippen LogP contribution in [0.15, 0.2) is 48.7 Å². The molecule has 2 aromatic heterocycles. The number of nitrogens with zero attached hydrogens (tertiary/aromatic N) is 3. The summed E-state index contributed by atoms with van der Waals surface area (Å²) in [5.41, 5.74) is 0.137. The highest BCUT2D eigenvalue weighted by molar-refractivity contribution is 6.33. The van der Waals surface area contributed by atoms with Crippen LogP contribution in [0.3, 0.4) is 0 Å². The van der Waals surface area contributed by atoms with Crippen LogP contribution in [0.1, 0.15) is 17.1 Å². The largest absolute Gasteiger partial charge is 0.416 e. The van der Waals surface area contributed by atoms with Gasteiger partial charge in [0.25, 0.3) is 0 Å². The summed E-state index contributed by atoms with van der Waals surface area (Å²) in [6.45, 7) is 2.13. The molecular weight excluding hydrogens is 379 g/mol. The summed E-state index contributed by atoms with van der Waals surface area (Å²) in [5, 5.41) is 6.09. The lowest BCUT2D eigenvalue weighted by atomic mass is 10.2. The molecule has 5 nitrogen and oxygen atoms in total. The summed E-state index contributed by atoms with van der Waals surface area (Å²) in [7, 11) is 0. The highest BCUT2D eigenvalue weighted by atomic mass is 35.5. The van der Waals surface area contributed by atoms with E-state index in [1.54, 1.807) is 19.2 Å². The van der Waals surface area contributed by atoms with Crippen molar-refractivity contribution in [1.82, 2.24) is 15.0 Å². The number of rotatable bonds is 5. The minimum Gasteiger partial charge on any atom is -0.364 e. The molecule has 0 spiro atoms. The summed E-state index contributed by atoms with van der Waals surface area (Å²) < 4.78 is 38.7. The Morgan fingerprint density at radius 3 is 2.52 bits per heavy atom. The molecular formula is C18H15ClF3N5. The van der Waals surface area contributed by atoms with Gasteiger partial charge in [-0.25, -0.2) is 9.97 Å². The van der Waals surface area contributed by atoms with E-state index in [1.807, 2.05) is 18.2 Å². The predicted octanol–water partition coefficient (Wildman–Crippen LogP) is 5.21. The molecule has 0 bridgehead atoms. The van der Waals surface area contributed by atoms with Crippen molar-refractivity contribution < 1.29 is 13.2 Å². The zero-order valence-electron chi connectivity index (χ0n) is 14.2. The maximum Gasteiger partial charge on any atom is 0.416 e. The normalized spacial score (nSPS) is 11.3. The first kappa shape index (κ1) is 18.9. The van der Waals surface area contributed by atoms with Crippen LogP contribution < -0.4 is 10.6 Å². The van der Waals surface area contributed by atoms with Crippen LogP contribution in [0.4, 0.5) is 30.5 Å². The van der Waals surface area contributed by atoms with Crippen LogP contribution in [0.25, 0.3) is 0 Å². The van der Waals surface area contributed by atoms with E-state index in [-0.39, 0.29) is 10.7 Å². The molecule has 0 atom stereocenters. The van der Waals surface area contributed by atoms with Gasteiger partial charge < -0.3 is 10.6 Å². The molecule has 0 amide bonds. The Labute approximate surface area is 158 Å². The average Bonchev–Trinajstić information content (AvgIpc) is 2.61. The van der Waals surface area contributed by atoms with E-state index in [2.05, 4.69) is 25.6 Å². The summed E-state index contributed by atoms with van der Waals surface area (Å²) in [4.78, 5) is 12.7. The quantitative estimate of drug-likeness (QED) is 0.623. The van der Waals surface area contributed by atoms with E-state index in [9.17, 15) is 13.2 Å². The van der Waals surface area contributed by atoms with Gasteiger partial charge in [-0.2, -0.15) is 13.2 Å². The molecule has 0 saturated carbocycles. The number of nitrogens with one attached hydrogen (secondary N) is 2. The fourth-order valence-corrected chi connectivity index (χ4v) is 2.51. The first-order valence-corrected chi connectivity index (χ1v) is 8.32. The standard InChI is InChI=1S/C18H15ClF3N5/c1-11-25-16(24-10-13-4-2-3-7-23-13)9-17(26-11)27-15-8-12(18(20,21)22)5-6-14(15)19/h2-9H,10H2,1H3,(H2,24,25,26,27). The van der Waals surface area contributed by atoms with Crippen LogP contribution in [0, 0.1) is 6.92 Å². The Morgan fingerprint density at radius 1 is 1.04 bits per heavy atom. The van der Waals surface area contributed by atoms with E-state index in [4.69, 9.17) is 11.6 Å². The zero-order chi connectivity index (χ0) is 19.4. The summed E-state index contributed by atoms with van der Waals surface area (Å²) >= 11 is 6.02. The van der Waals surface area contributed by atoms with Crippen molar-refractivity contribution in [2.45, 2.75) is 19.6 Å². The fourth-order valence-electron chi connectivity index (χ4n) is 2.34. The van der Waals surface area contributed by atoms with Gasteiger partial charge in [-0.1, -0.05) is 17.7 Å². The smallest absolute Gasteiger partial charge is 0.364 e. The Kier molecular flexibility index (Phi) is 5.46. The number of anilines is 3. The molecule has 0 aliphatic carbocycles. The molecule has 1 aromatic carbocycles. The first-order valence-electron chi connectivity index (χ1n) is 7.94. The number of halogens is 4. The summed E-state index contributed by atoms with van der Waals surface area (Å²) in [5.74, 6) is 1.29. The maximum atomic E-state index is 12.9. The minimum absolute atomic E-state index is 0.111. The SMILES string of the molecule is Cc1nc(NCc2ccccn2)cc(Nc2cc(C(F)(F)F)ccc2Cl)n1. The Bertz CT molecular complexity index is 932. The summed E-state index contributed by atoms with van der Waals surface area (Å²) in [6.07, 6.45) is -2.77. The number of aryl methyl sites for hydroxylation is 1. The number of pyridine rings is 1. The van der Waals surface area contributed by atoms with Crippen LogP contribution in [0.5, 0.6) is 0 Å². The third kappa shape index (κ3) is 5.07. The Hall–Kier alpha value is -2.87. The number of hydrogen-bond donors (Lipinski definition) is 2. The van der Waals surface area contributed by atoms with E-state index in [0.29, 0.717) is 24.0 Å².